The molecule has 1 atom stereocenters. The summed E-state index contributed by atoms with van der Waals surface area (Å²) in [4.78, 5) is 11.0. The maximum Gasteiger partial charge on any atom is 0.308 e. The lowest BCUT2D eigenvalue weighted by Gasteiger charge is -2.18. The molecule has 1 heterocycles. The minimum Gasteiger partial charge on any atom is -0.469 e. The summed E-state index contributed by atoms with van der Waals surface area (Å²) in [5.74, 6) is -0.434. The predicted molar refractivity (Wildman–Crippen MR) is 58.8 cm³/mol. The summed E-state index contributed by atoms with van der Waals surface area (Å²) < 4.78 is 6.24. The van der Waals surface area contributed by atoms with Crippen LogP contribution in [0, 0.1) is 0 Å². The van der Waals surface area contributed by atoms with Crippen molar-refractivity contribution in [3.8, 4) is 0 Å². The molecule has 0 aliphatic rings. The number of aliphatic hydroxyl groups is 1. The molecule has 0 unspecified atom stereocenters. The summed E-state index contributed by atoms with van der Waals surface area (Å²) in [7, 11) is 1.30. The van der Waals surface area contributed by atoms with Crippen molar-refractivity contribution in [2.45, 2.75) is 38.8 Å². The van der Waals surface area contributed by atoms with Crippen LogP contribution in [0.1, 0.15) is 38.9 Å². The van der Waals surface area contributed by atoms with E-state index in [1.54, 1.807) is 17.1 Å². The molecule has 5 nitrogen and oxygen atoms in total. The van der Waals surface area contributed by atoms with Crippen molar-refractivity contribution >= 4 is 5.97 Å². The molecule has 1 N–H and O–H groups in total. The van der Waals surface area contributed by atoms with E-state index in [0.717, 1.165) is 0 Å². The van der Waals surface area contributed by atoms with E-state index in [9.17, 15) is 9.90 Å². The first-order valence-electron chi connectivity index (χ1n) is 5.14. The van der Waals surface area contributed by atoms with Crippen LogP contribution in [0.5, 0.6) is 0 Å². The van der Waals surface area contributed by atoms with Crippen LogP contribution in [0.4, 0.5) is 0 Å². The van der Waals surface area contributed by atoms with Crippen molar-refractivity contribution in [1.82, 2.24) is 9.78 Å². The second-order valence-electron chi connectivity index (χ2n) is 4.69. The molecule has 0 saturated carbocycles. The highest BCUT2D eigenvalue weighted by molar-refractivity contribution is 5.69. The van der Waals surface area contributed by atoms with Crippen molar-refractivity contribution in [2.24, 2.45) is 0 Å². The number of nitrogens with zero attached hydrogens (tertiary/aromatic N) is 2. The Hall–Kier alpha value is -1.36. The summed E-state index contributed by atoms with van der Waals surface area (Å²) in [5, 5.41) is 13.9. The maximum absolute atomic E-state index is 11.0. The molecule has 1 aromatic rings. The Kier molecular flexibility index (Phi) is 3.70. The SMILES string of the molecule is COC(=O)C[C@@H](O)c1cnn(C(C)(C)C)c1. The third-order valence-corrected chi connectivity index (χ3v) is 2.26. The number of carbonyl (C=O) groups excluding carboxylic acids is 1. The number of aliphatic hydroxyl groups excluding tert-OH is 1. The first-order valence-corrected chi connectivity index (χ1v) is 5.14. The van der Waals surface area contributed by atoms with Crippen molar-refractivity contribution < 1.29 is 14.6 Å². The van der Waals surface area contributed by atoms with Gasteiger partial charge in [0.05, 0.1) is 31.4 Å². The zero-order chi connectivity index (χ0) is 12.3. The minimum atomic E-state index is -0.858. The van der Waals surface area contributed by atoms with Gasteiger partial charge in [0.2, 0.25) is 0 Å². The fourth-order valence-electron chi connectivity index (χ4n) is 1.23. The molecular weight excluding hydrogens is 208 g/mol. The van der Waals surface area contributed by atoms with Gasteiger partial charge in [-0.25, -0.2) is 0 Å². The standard InChI is InChI=1S/C11H18N2O3/c1-11(2,3)13-7-8(6-12-13)9(14)5-10(15)16-4/h6-7,9,14H,5H2,1-4H3/t9-/m1/s1. The van der Waals surface area contributed by atoms with Crippen LogP contribution in [0.2, 0.25) is 0 Å². The van der Waals surface area contributed by atoms with Crippen LogP contribution < -0.4 is 0 Å². The average Bonchev–Trinajstić information content (AvgIpc) is 2.65. The van der Waals surface area contributed by atoms with E-state index in [0.29, 0.717) is 5.56 Å². The molecule has 0 aliphatic carbocycles. The zero-order valence-corrected chi connectivity index (χ0v) is 10.1. The Morgan fingerprint density at radius 1 is 1.62 bits per heavy atom. The highest BCUT2D eigenvalue weighted by atomic mass is 16.5. The number of ether oxygens (including phenoxy) is 1. The van der Waals surface area contributed by atoms with Gasteiger partial charge in [-0.15, -0.1) is 0 Å². The van der Waals surface area contributed by atoms with Crippen LogP contribution in [0.25, 0.3) is 0 Å². The quantitative estimate of drug-likeness (QED) is 0.787. The fourth-order valence-corrected chi connectivity index (χ4v) is 1.23. The first kappa shape index (κ1) is 12.7. The number of carbonyl (C=O) groups is 1. The van der Waals surface area contributed by atoms with Gasteiger partial charge in [-0.1, -0.05) is 0 Å². The lowest BCUT2D eigenvalue weighted by atomic mass is 10.1. The highest BCUT2D eigenvalue weighted by Gasteiger charge is 2.19. The molecule has 0 radical (unpaired) electrons. The Labute approximate surface area is 95.0 Å². The molecule has 0 amide bonds. The Morgan fingerprint density at radius 2 is 2.25 bits per heavy atom. The van der Waals surface area contributed by atoms with Crippen LogP contribution in [-0.2, 0) is 15.1 Å². The molecule has 16 heavy (non-hydrogen) atoms. The summed E-state index contributed by atoms with van der Waals surface area (Å²) in [6.07, 6.45) is 2.40. The van der Waals surface area contributed by atoms with Crippen molar-refractivity contribution in [3.63, 3.8) is 0 Å². The monoisotopic (exact) mass is 226 g/mol. The van der Waals surface area contributed by atoms with Crippen LogP contribution in [0.3, 0.4) is 0 Å². The average molecular weight is 226 g/mol. The van der Waals surface area contributed by atoms with Gasteiger partial charge in [-0.2, -0.15) is 5.10 Å². The summed E-state index contributed by atoms with van der Waals surface area (Å²) in [6, 6.07) is 0. The second kappa shape index (κ2) is 4.65. The Morgan fingerprint density at radius 3 is 2.69 bits per heavy atom. The van der Waals surface area contributed by atoms with E-state index < -0.39 is 12.1 Å². The number of rotatable bonds is 3. The van der Waals surface area contributed by atoms with Gasteiger partial charge in [-0.05, 0) is 20.8 Å². The third-order valence-electron chi connectivity index (χ3n) is 2.26. The lowest BCUT2D eigenvalue weighted by Crippen LogP contribution is -2.22. The van der Waals surface area contributed by atoms with Gasteiger partial charge in [0.25, 0.3) is 0 Å². The topological polar surface area (TPSA) is 64.3 Å². The van der Waals surface area contributed by atoms with E-state index in [-0.39, 0.29) is 12.0 Å². The van der Waals surface area contributed by atoms with E-state index in [2.05, 4.69) is 9.84 Å². The highest BCUT2D eigenvalue weighted by Crippen LogP contribution is 2.20. The largest absolute Gasteiger partial charge is 0.469 e. The van der Waals surface area contributed by atoms with Gasteiger partial charge in [-0.3, -0.25) is 9.48 Å². The van der Waals surface area contributed by atoms with Crippen LogP contribution >= 0.6 is 0 Å². The summed E-state index contributed by atoms with van der Waals surface area (Å²) in [5.41, 5.74) is 0.490. The maximum atomic E-state index is 11.0. The molecule has 0 aliphatic heterocycles. The van der Waals surface area contributed by atoms with Gasteiger partial charge in [0, 0.05) is 11.8 Å². The van der Waals surface area contributed by atoms with Gasteiger partial charge >= 0.3 is 5.97 Å². The van der Waals surface area contributed by atoms with Gasteiger partial charge in [0.15, 0.2) is 0 Å². The normalized spacial score (nSPS) is 13.6. The molecule has 1 aromatic heterocycles. The van der Waals surface area contributed by atoms with Crippen molar-refractivity contribution in [3.05, 3.63) is 18.0 Å². The molecule has 5 heteroatoms. The van der Waals surface area contributed by atoms with Gasteiger partial charge < -0.3 is 9.84 Å². The Bertz CT molecular complexity index is 366. The molecule has 0 saturated heterocycles. The summed E-state index contributed by atoms with van der Waals surface area (Å²) in [6.45, 7) is 6.03. The van der Waals surface area contributed by atoms with E-state index >= 15 is 0 Å². The fraction of sp³-hybridized carbons (Fsp3) is 0.636. The number of hydrogen-bond donors (Lipinski definition) is 1. The van der Waals surface area contributed by atoms with E-state index in [4.69, 9.17) is 0 Å². The number of aromatic nitrogens is 2. The molecule has 0 spiro atoms. The minimum absolute atomic E-state index is 0.0493. The molecule has 1 rings (SSSR count). The summed E-state index contributed by atoms with van der Waals surface area (Å²) >= 11 is 0. The molecule has 0 fully saturated rings. The molecular formula is C11H18N2O3. The zero-order valence-electron chi connectivity index (χ0n) is 10.1. The third kappa shape index (κ3) is 3.06. The lowest BCUT2D eigenvalue weighted by molar-refractivity contribution is -0.142. The molecule has 0 aromatic carbocycles. The number of hydrogen-bond acceptors (Lipinski definition) is 4. The molecule has 0 bridgehead atoms. The number of methoxy groups -OCH3 is 1. The van der Waals surface area contributed by atoms with E-state index in [1.807, 2.05) is 20.8 Å². The van der Waals surface area contributed by atoms with Crippen LogP contribution in [-0.4, -0.2) is 28.0 Å². The van der Waals surface area contributed by atoms with Gasteiger partial charge in [0.1, 0.15) is 0 Å². The Balaban J connectivity index is 2.74. The second-order valence-corrected chi connectivity index (χ2v) is 4.69. The van der Waals surface area contributed by atoms with Crippen molar-refractivity contribution in [1.29, 1.82) is 0 Å². The smallest absolute Gasteiger partial charge is 0.308 e. The van der Waals surface area contributed by atoms with Crippen LogP contribution in [0.15, 0.2) is 12.4 Å². The van der Waals surface area contributed by atoms with Crippen molar-refractivity contribution in [2.75, 3.05) is 7.11 Å². The first-order chi connectivity index (χ1) is 7.34. The predicted octanol–water partition coefficient (Wildman–Crippen LogP) is 1.23. The number of esters is 1. The van der Waals surface area contributed by atoms with E-state index in [1.165, 1.54) is 7.11 Å². The molecule has 90 valence electrons.